The maximum absolute atomic E-state index is 12.6. The number of Topliss-reactive ketones (excluding diaryl/α,β-unsaturated/α-hetero) is 1. The van der Waals surface area contributed by atoms with Crippen LogP contribution in [0, 0.1) is 19.3 Å². The largest absolute Gasteiger partial charge is 0.294 e. The first-order valence-corrected chi connectivity index (χ1v) is 9.28. The molecule has 0 aliphatic heterocycles. The number of hydrogen-bond acceptors (Lipinski definition) is 1. The molecule has 1 saturated carbocycles. The average molecular weight is 305 g/mol. The Balaban J connectivity index is 0.000000661. The van der Waals surface area contributed by atoms with Crippen molar-refractivity contribution in [3.05, 3.63) is 34.4 Å². The SMILES string of the molecule is CC.CC.CC.Cc1ccc(C)c2c1CC1(CCCC1)C2=O. The predicted octanol–water partition coefficient (Wildman–Crippen LogP) is 6.68. The van der Waals surface area contributed by atoms with Crippen molar-refractivity contribution in [3.63, 3.8) is 0 Å². The van der Waals surface area contributed by atoms with E-state index in [0.717, 1.165) is 24.8 Å². The second kappa shape index (κ2) is 9.82. The summed E-state index contributed by atoms with van der Waals surface area (Å²) in [5.74, 6) is 0.446. The molecule has 2 aliphatic rings. The van der Waals surface area contributed by atoms with E-state index in [4.69, 9.17) is 0 Å². The van der Waals surface area contributed by atoms with Gasteiger partial charge in [0.1, 0.15) is 0 Å². The fraction of sp³-hybridized carbons (Fsp3) is 0.667. The summed E-state index contributed by atoms with van der Waals surface area (Å²) in [6.45, 7) is 16.2. The quantitative estimate of drug-likeness (QED) is 0.522. The van der Waals surface area contributed by atoms with Crippen LogP contribution in [0.1, 0.15) is 94.3 Å². The second-order valence-electron chi connectivity index (χ2n) is 5.55. The topological polar surface area (TPSA) is 17.1 Å². The zero-order valence-corrected chi connectivity index (χ0v) is 16.1. The zero-order chi connectivity index (χ0) is 17.3. The van der Waals surface area contributed by atoms with Crippen LogP contribution < -0.4 is 0 Å². The molecule has 0 N–H and O–H groups in total. The Bertz CT molecular complexity index is 465. The highest BCUT2D eigenvalue weighted by Gasteiger charge is 2.47. The van der Waals surface area contributed by atoms with Crippen molar-refractivity contribution >= 4 is 5.78 Å². The molecule has 126 valence electrons. The zero-order valence-electron chi connectivity index (χ0n) is 16.1. The van der Waals surface area contributed by atoms with Gasteiger partial charge in [0.25, 0.3) is 0 Å². The van der Waals surface area contributed by atoms with Crippen LogP contribution in [0.3, 0.4) is 0 Å². The average Bonchev–Trinajstić information content (AvgIpc) is 3.17. The molecule has 1 heteroatoms. The van der Waals surface area contributed by atoms with Crippen LogP contribution in [0.15, 0.2) is 12.1 Å². The molecule has 0 atom stereocenters. The van der Waals surface area contributed by atoms with Gasteiger partial charge in [-0.25, -0.2) is 0 Å². The van der Waals surface area contributed by atoms with Crippen molar-refractivity contribution < 1.29 is 4.79 Å². The van der Waals surface area contributed by atoms with E-state index in [1.807, 2.05) is 41.5 Å². The molecular formula is C21H36O. The molecule has 0 aromatic heterocycles. The highest BCUT2D eigenvalue weighted by atomic mass is 16.1. The van der Waals surface area contributed by atoms with Gasteiger partial charge in [0, 0.05) is 11.0 Å². The number of aryl methyl sites for hydroxylation is 2. The lowest BCUT2D eigenvalue weighted by Gasteiger charge is -2.19. The molecule has 1 fully saturated rings. The number of carbonyl (C=O) groups excluding carboxylic acids is 1. The van der Waals surface area contributed by atoms with Gasteiger partial charge in [0.2, 0.25) is 0 Å². The highest BCUT2D eigenvalue weighted by Crippen LogP contribution is 2.49. The smallest absolute Gasteiger partial charge is 0.169 e. The Kier molecular flexibility index (Phi) is 9.32. The fourth-order valence-corrected chi connectivity index (χ4v) is 3.55. The molecule has 3 rings (SSSR count). The molecule has 0 heterocycles. The molecule has 1 aromatic carbocycles. The maximum Gasteiger partial charge on any atom is 0.169 e. The molecule has 0 amide bonds. The third kappa shape index (κ3) is 3.80. The number of rotatable bonds is 0. The summed E-state index contributed by atoms with van der Waals surface area (Å²) in [6.07, 6.45) is 5.70. The molecule has 22 heavy (non-hydrogen) atoms. The number of hydrogen-bond donors (Lipinski definition) is 0. The Morgan fingerprint density at radius 1 is 0.818 bits per heavy atom. The van der Waals surface area contributed by atoms with Crippen molar-refractivity contribution in [1.29, 1.82) is 0 Å². The third-order valence-corrected chi connectivity index (χ3v) is 4.54. The van der Waals surface area contributed by atoms with Crippen molar-refractivity contribution in [2.75, 3.05) is 0 Å². The van der Waals surface area contributed by atoms with E-state index in [1.165, 1.54) is 29.5 Å². The van der Waals surface area contributed by atoms with E-state index in [1.54, 1.807) is 0 Å². The van der Waals surface area contributed by atoms with E-state index in [0.29, 0.717) is 5.78 Å². The normalized spacial score (nSPS) is 16.6. The van der Waals surface area contributed by atoms with Gasteiger partial charge in [0.05, 0.1) is 0 Å². The fourth-order valence-electron chi connectivity index (χ4n) is 3.55. The van der Waals surface area contributed by atoms with Crippen molar-refractivity contribution in [2.45, 2.75) is 87.5 Å². The lowest BCUT2D eigenvalue weighted by Crippen LogP contribution is -2.24. The van der Waals surface area contributed by atoms with Gasteiger partial charge >= 0.3 is 0 Å². The lowest BCUT2D eigenvalue weighted by atomic mass is 9.82. The summed E-state index contributed by atoms with van der Waals surface area (Å²) in [5, 5.41) is 0. The highest BCUT2D eigenvalue weighted by molar-refractivity contribution is 6.06. The summed E-state index contributed by atoms with van der Waals surface area (Å²) in [6, 6.07) is 4.26. The van der Waals surface area contributed by atoms with Gasteiger partial charge in [-0.3, -0.25) is 4.79 Å². The lowest BCUT2D eigenvalue weighted by molar-refractivity contribution is 0.0826. The van der Waals surface area contributed by atoms with Crippen LogP contribution >= 0.6 is 0 Å². The third-order valence-electron chi connectivity index (χ3n) is 4.54. The summed E-state index contributed by atoms with van der Waals surface area (Å²) in [4.78, 5) is 12.6. The molecule has 2 aliphatic carbocycles. The van der Waals surface area contributed by atoms with E-state index < -0.39 is 0 Å². The molecule has 0 unspecified atom stereocenters. The standard InChI is InChI=1S/C15H18O.3C2H6/c1-10-5-6-11(2)13-12(10)9-15(14(13)16)7-3-4-8-15;3*1-2/h5-6H,3-4,7-9H2,1-2H3;3*1-2H3. The van der Waals surface area contributed by atoms with Crippen molar-refractivity contribution in [3.8, 4) is 0 Å². The minimum Gasteiger partial charge on any atom is -0.294 e. The van der Waals surface area contributed by atoms with Gasteiger partial charge in [0.15, 0.2) is 5.78 Å². The molecule has 1 spiro atoms. The molecule has 1 aromatic rings. The Hall–Kier alpha value is -1.11. The first-order valence-electron chi connectivity index (χ1n) is 9.28. The van der Waals surface area contributed by atoms with Crippen LogP contribution in [0.4, 0.5) is 0 Å². The molecule has 0 radical (unpaired) electrons. The first kappa shape index (κ1) is 20.9. The van der Waals surface area contributed by atoms with Gasteiger partial charge in [-0.1, -0.05) is 66.5 Å². The number of carbonyl (C=O) groups is 1. The summed E-state index contributed by atoms with van der Waals surface area (Å²) in [7, 11) is 0. The van der Waals surface area contributed by atoms with Crippen LogP contribution in [0.2, 0.25) is 0 Å². The number of ketones is 1. The Morgan fingerprint density at radius 3 is 1.73 bits per heavy atom. The molecule has 0 bridgehead atoms. The Morgan fingerprint density at radius 2 is 1.27 bits per heavy atom. The van der Waals surface area contributed by atoms with Crippen LogP contribution in [0.5, 0.6) is 0 Å². The molecular weight excluding hydrogens is 268 g/mol. The van der Waals surface area contributed by atoms with E-state index in [2.05, 4.69) is 26.0 Å². The van der Waals surface area contributed by atoms with Gasteiger partial charge < -0.3 is 0 Å². The van der Waals surface area contributed by atoms with Gasteiger partial charge in [-0.15, -0.1) is 0 Å². The van der Waals surface area contributed by atoms with Crippen LogP contribution in [-0.2, 0) is 6.42 Å². The summed E-state index contributed by atoms with van der Waals surface area (Å²) >= 11 is 0. The first-order chi connectivity index (χ1) is 10.6. The van der Waals surface area contributed by atoms with E-state index >= 15 is 0 Å². The van der Waals surface area contributed by atoms with E-state index in [9.17, 15) is 4.79 Å². The summed E-state index contributed by atoms with van der Waals surface area (Å²) < 4.78 is 0. The molecule has 0 saturated heterocycles. The predicted molar refractivity (Wildman–Crippen MR) is 98.9 cm³/mol. The van der Waals surface area contributed by atoms with Crippen molar-refractivity contribution in [1.82, 2.24) is 0 Å². The second-order valence-corrected chi connectivity index (χ2v) is 5.55. The number of fused-ring (bicyclic) bond motifs is 1. The van der Waals surface area contributed by atoms with Gasteiger partial charge in [-0.05, 0) is 49.8 Å². The van der Waals surface area contributed by atoms with Gasteiger partial charge in [-0.2, -0.15) is 0 Å². The van der Waals surface area contributed by atoms with Crippen LogP contribution in [0.25, 0.3) is 0 Å². The van der Waals surface area contributed by atoms with E-state index in [-0.39, 0.29) is 5.41 Å². The minimum absolute atomic E-state index is 0.000787. The maximum atomic E-state index is 12.6. The number of benzene rings is 1. The van der Waals surface area contributed by atoms with Crippen LogP contribution in [-0.4, -0.2) is 5.78 Å². The Labute approximate surface area is 138 Å². The monoisotopic (exact) mass is 304 g/mol. The minimum atomic E-state index is -0.000787. The molecule has 1 nitrogen and oxygen atoms in total. The summed E-state index contributed by atoms with van der Waals surface area (Å²) in [5.41, 5.74) is 4.88. The van der Waals surface area contributed by atoms with Crippen molar-refractivity contribution in [2.24, 2.45) is 5.41 Å².